The van der Waals surface area contributed by atoms with Crippen LogP contribution in [0.3, 0.4) is 0 Å². The number of carbonyl (C=O) groups excluding carboxylic acids is 1. The van der Waals surface area contributed by atoms with Gasteiger partial charge in [0.15, 0.2) is 0 Å². The van der Waals surface area contributed by atoms with Crippen LogP contribution in [0, 0.1) is 0 Å². The molecule has 4 nitrogen and oxygen atoms in total. The summed E-state index contributed by atoms with van der Waals surface area (Å²) in [5.41, 5.74) is 1.35. The van der Waals surface area contributed by atoms with Gasteiger partial charge in [0, 0.05) is 19.2 Å². The van der Waals surface area contributed by atoms with Crippen molar-refractivity contribution in [1.82, 2.24) is 10.2 Å². The minimum absolute atomic E-state index is 0.0673. The Bertz CT molecular complexity index is 436. The molecule has 1 aromatic carbocycles. The first-order chi connectivity index (χ1) is 10.2. The molecule has 0 bridgehead atoms. The molecule has 1 saturated heterocycles. The lowest BCUT2D eigenvalue weighted by Gasteiger charge is -2.24. The zero-order valence-corrected chi connectivity index (χ0v) is 13.0. The van der Waals surface area contributed by atoms with Crippen molar-refractivity contribution in [3.63, 3.8) is 0 Å². The third-order valence-corrected chi connectivity index (χ3v) is 3.98. The first-order valence-electron chi connectivity index (χ1n) is 7.75. The molecule has 1 aliphatic rings. The van der Waals surface area contributed by atoms with E-state index in [9.17, 15) is 4.79 Å². The fourth-order valence-electron chi connectivity index (χ4n) is 3.02. The fourth-order valence-corrected chi connectivity index (χ4v) is 3.02. The first kappa shape index (κ1) is 16.0. The second kappa shape index (κ2) is 8.15. The molecule has 0 spiro atoms. The Balaban J connectivity index is 1.83. The predicted octanol–water partition coefficient (Wildman–Crippen LogP) is 1.84. The van der Waals surface area contributed by atoms with Gasteiger partial charge in [-0.3, -0.25) is 9.69 Å². The van der Waals surface area contributed by atoms with Crippen LogP contribution in [-0.2, 0) is 16.0 Å². The molecule has 116 valence electrons. The van der Waals surface area contributed by atoms with Gasteiger partial charge in [-0.2, -0.15) is 0 Å². The zero-order chi connectivity index (χ0) is 15.1. The molecule has 1 aliphatic heterocycles. The fraction of sp³-hybridized carbons (Fsp3) is 0.588. The summed E-state index contributed by atoms with van der Waals surface area (Å²) in [6, 6.07) is 11.1. The number of likely N-dealkylation sites (tertiary alicyclic amines) is 1. The highest BCUT2D eigenvalue weighted by Gasteiger charge is 2.26. The number of hydrogen-bond acceptors (Lipinski definition) is 3. The Morgan fingerprint density at radius 3 is 2.90 bits per heavy atom. The number of methoxy groups -OCH3 is 1. The van der Waals surface area contributed by atoms with Gasteiger partial charge >= 0.3 is 0 Å². The highest BCUT2D eigenvalue weighted by Crippen LogP contribution is 2.20. The van der Waals surface area contributed by atoms with E-state index in [1.54, 1.807) is 7.11 Å². The molecule has 2 rings (SSSR count). The van der Waals surface area contributed by atoms with Crippen molar-refractivity contribution in [3.05, 3.63) is 35.9 Å². The lowest BCUT2D eigenvalue weighted by atomic mass is 10.0. The van der Waals surface area contributed by atoms with E-state index in [0.717, 1.165) is 13.0 Å². The average Bonchev–Trinajstić information content (AvgIpc) is 2.87. The van der Waals surface area contributed by atoms with E-state index < -0.39 is 0 Å². The van der Waals surface area contributed by atoms with Gasteiger partial charge in [0.1, 0.15) is 0 Å². The van der Waals surface area contributed by atoms with Crippen LogP contribution in [0.2, 0.25) is 0 Å². The molecule has 0 aliphatic carbocycles. The number of rotatable bonds is 7. The molecule has 4 heteroatoms. The predicted molar refractivity (Wildman–Crippen MR) is 84.2 cm³/mol. The summed E-state index contributed by atoms with van der Waals surface area (Å²) in [5, 5.41) is 2.99. The molecule has 1 amide bonds. The number of carbonyl (C=O) groups is 1. The summed E-state index contributed by atoms with van der Waals surface area (Å²) < 4.78 is 5.05. The summed E-state index contributed by atoms with van der Waals surface area (Å²) >= 11 is 0. The van der Waals surface area contributed by atoms with Crippen LogP contribution in [0.25, 0.3) is 0 Å². The van der Waals surface area contributed by atoms with Gasteiger partial charge in [0.2, 0.25) is 5.91 Å². The molecular weight excluding hydrogens is 264 g/mol. The van der Waals surface area contributed by atoms with Crippen LogP contribution in [-0.4, -0.2) is 49.7 Å². The smallest absolute Gasteiger partial charge is 0.234 e. The maximum absolute atomic E-state index is 12.1. The van der Waals surface area contributed by atoms with Crippen molar-refractivity contribution < 1.29 is 9.53 Å². The monoisotopic (exact) mass is 290 g/mol. The largest absolute Gasteiger partial charge is 0.383 e. The average molecular weight is 290 g/mol. The van der Waals surface area contributed by atoms with Crippen LogP contribution in [0.15, 0.2) is 30.3 Å². The van der Waals surface area contributed by atoms with Crippen molar-refractivity contribution >= 4 is 5.91 Å². The molecule has 0 aromatic heterocycles. The molecule has 1 heterocycles. The number of nitrogens with one attached hydrogen (secondary N) is 1. The van der Waals surface area contributed by atoms with Gasteiger partial charge in [-0.1, -0.05) is 30.3 Å². The number of nitrogens with zero attached hydrogens (tertiary/aromatic N) is 1. The summed E-state index contributed by atoms with van der Waals surface area (Å²) in [6.07, 6.45) is 3.38. The van der Waals surface area contributed by atoms with E-state index in [-0.39, 0.29) is 11.9 Å². The van der Waals surface area contributed by atoms with Gasteiger partial charge in [-0.15, -0.1) is 0 Å². The molecule has 0 saturated carbocycles. The number of benzene rings is 1. The Hall–Kier alpha value is -1.39. The molecule has 2 atom stereocenters. The van der Waals surface area contributed by atoms with E-state index >= 15 is 0 Å². The molecule has 21 heavy (non-hydrogen) atoms. The Morgan fingerprint density at radius 2 is 2.19 bits per heavy atom. The Kier molecular flexibility index (Phi) is 6.21. The van der Waals surface area contributed by atoms with E-state index in [0.29, 0.717) is 19.2 Å². The lowest BCUT2D eigenvalue weighted by molar-refractivity contribution is -0.123. The molecule has 0 radical (unpaired) electrons. The van der Waals surface area contributed by atoms with Gasteiger partial charge in [0.05, 0.1) is 13.2 Å². The second-order valence-electron chi connectivity index (χ2n) is 5.88. The molecule has 1 fully saturated rings. The SMILES string of the molecule is COCC(C)NC(=O)CN1CCCC1Cc1ccccc1. The molecular formula is C17H26N2O2. The standard InChI is InChI=1S/C17H26N2O2/c1-14(13-21-2)18-17(20)12-19-10-6-9-16(19)11-15-7-4-3-5-8-15/h3-5,7-8,14,16H,6,9-13H2,1-2H3,(H,18,20). The normalized spacial score (nSPS) is 20.4. The minimum atomic E-state index is 0.0673. The van der Waals surface area contributed by atoms with Gasteiger partial charge < -0.3 is 10.1 Å². The second-order valence-corrected chi connectivity index (χ2v) is 5.88. The molecule has 1 aromatic rings. The maximum Gasteiger partial charge on any atom is 0.234 e. The highest BCUT2D eigenvalue weighted by atomic mass is 16.5. The topological polar surface area (TPSA) is 41.6 Å². The quantitative estimate of drug-likeness (QED) is 0.833. The van der Waals surface area contributed by atoms with Crippen molar-refractivity contribution in [2.45, 2.75) is 38.3 Å². The van der Waals surface area contributed by atoms with Crippen LogP contribution >= 0.6 is 0 Å². The minimum Gasteiger partial charge on any atom is -0.383 e. The maximum atomic E-state index is 12.1. The molecule has 1 N–H and O–H groups in total. The van der Waals surface area contributed by atoms with Crippen molar-refractivity contribution in [2.24, 2.45) is 0 Å². The Labute approximate surface area is 127 Å². The Morgan fingerprint density at radius 1 is 1.43 bits per heavy atom. The van der Waals surface area contributed by atoms with Crippen LogP contribution < -0.4 is 5.32 Å². The van der Waals surface area contributed by atoms with Gasteiger partial charge in [-0.25, -0.2) is 0 Å². The van der Waals surface area contributed by atoms with Gasteiger partial charge in [-0.05, 0) is 38.3 Å². The zero-order valence-electron chi connectivity index (χ0n) is 13.0. The van der Waals surface area contributed by atoms with Crippen LogP contribution in [0.5, 0.6) is 0 Å². The number of ether oxygens (including phenoxy) is 1. The highest BCUT2D eigenvalue weighted by molar-refractivity contribution is 5.78. The summed E-state index contributed by atoms with van der Waals surface area (Å²) in [5.74, 6) is 0.0968. The van der Waals surface area contributed by atoms with E-state index in [2.05, 4.69) is 34.5 Å². The number of amides is 1. The lowest BCUT2D eigenvalue weighted by Crippen LogP contribution is -2.44. The third kappa shape index (κ3) is 5.14. The van der Waals surface area contributed by atoms with Crippen molar-refractivity contribution in [2.75, 3.05) is 26.8 Å². The number of hydrogen-bond donors (Lipinski definition) is 1. The first-order valence-corrected chi connectivity index (χ1v) is 7.75. The summed E-state index contributed by atoms with van der Waals surface area (Å²) in [7, 11) is 1.65. The molecule has 2 unspecified atom stereocenters. The summed E-state index contributed by atoms with van der Waals surface area (Å²) in [4.78, 5) is 14.4. The van der Waals surface area contributed by atoms with Crippen molar-refractivity contribution in [1.29, 1.82) is 0 Å². The van der Waals surface area contributed by atoms with Gasteiger partial charge in [0.25, 0.3) is 0 Å². The van der Waals surface area contributed by atoms with Crippen LogP contribution in [0.4, 0.5) is 0 Å². The van der Waals surface area contributed by atoms with E-state index in [1.165, 1.54) is 18.4 Å². The van der Waals surface area contributed by atoms with E-state index in [4.69, 9.17) is 4.74 Å². The summed E-state index contributed by atoms with van der Waals surface area (Å²) in [6.45, 7) is 4.03. The van der Waals surface area contributed by atoms with E-state index in [1.807, 2.05) is 13.0 Å². The third-order valence-electron chi connectivity index (χ3n) is 3.98. The van der Waals surface area contributed by atoms with Crippen molar-refractivity contribution in [3.8, 4) is 0 Å². The van der Waals surface area contributed by atoms with Crippen LogP contribution in [0.1, 0.15) is 25.3 Å².